The van der Waals surface area contributed by atoms with Crippen LogP contribution in [0.1, 0.15) is 63.9 Å². The first kappa shape index (κ1) is 21.5. The molecule has 5 heteroatoms. The molecule has 0 radical (unpaired) electrons. The summed E-state index contributed by atoms with van der Waals surface area (Å²) in [5.74, 6) is 1.13. The zero-order chi connectivity index (χ0) is 19.5. The second kappa shape index (κ2) is 11.1. The first-order valence-corrected chi connectivity index (χ1v) is 11.3. The zero-order valence-electron chi connectivity index (χ0n) is 16.1. The summed E-state index contributed by atoms with van der Waals surface area (Å²) in [5.41, 5.74) is 0.956. The van der Waals surface area contributed by atoms with Gasteiger partial charge in [0.15, 0.2) is 0 Å². The van der Waals surface area contributed by atoms with Crippen LogP contribution in [0.25, 0.3) is 0 Å². The van der Waals surface area contributed by atoms with Crippen LogP contribution in [-0.4, -0.2) is 13.0 Å². The highest BCUT2D eigenvalue weighted by atomic mass is 32.2. The maximum absolute atomic E-state index is 11.5. The fourth-order valence-electron chi connectivity index (χ4n) is 3.06. The van der Waals surface area contributed by atoms with Gasteiger partial charge in [-0.3, -0.25) is 4.55 Å². The number of rotatable bonds is 12. The average Bonchev–Trinajstić information content (AvgIpc) is 2.65. The van der Waals surface area contributed by atoms with Gasteiger partial charge in [0, 0.05) is 6.07 Å². The number of unbranched alkanes of at least 4 members (excludes halogenated alkanes) is 7. The molecule has 0 unspecified atom stereocenters. The number of benzene rings is 2. The van der Waals surface area contributed by atoms with E-state index in [4.69, 9.17) is 4.74 Å². The van der Waals surface area contributed by atoms with Gasteiger partial charge in [0.2, 0.25) is 0 Å². The van der Waals surface area contributed by atoms with Crippen LogP contribution in [0.15, 0.2) is 53.4 Å². The summed E-state index contributed by atoms with van der Waals surface area (Å²) >= 11 is 0. The molecular formula is C22H30O4S. The van der Waals surface area contributed by atoms with Gasteiger partial charge in [0.1, 0.15) is 11.5 Å². The molecule has 0 amide bonds. The molecule has 0 heterocycles. The third-order valence-corrected chi connectivity index (χ3v) is 5.46. The van der Waals surface area contributed by atoms with Crippen molar-refractivity contribution in [2.75, 3.05) is 0 Å². The number of hydrogen-bond acceptors (Lipinski definition) is 3. The molecule has 0 bridgehead atoms. The van der Waals surface area contributed by atoms with E-state index in [1.807, 2.05) is 30.3 Å². The fraction of sp³-hybridized carbons (Fsp3) is 0.455. The van der Waals surface area contributed by atoms with Crippen molar-refractivity contribution in [3.63, 3.8) is 0 Å². The first-order valence-electron chi connectivity index (χ1n) is 9.84. The van der Waals surface area contributed by atoms with Crippen LogP contribution in [0.2, 0.25) is 0 Å². The lowest BCUT2D eigenvalue weighted by molar-refractivity contribution is 0.466. The minimum Gasteiger partial charge on any atom is -0.457 e. The van der Waals surface area contributed by atoms with Gasteiger partial charge in [-0.05, 0) is 36.6 Å². The molecule has 2 rings (SSSR count). The summed E-state index contributed by atoms with van der Waals surface area (Å²) < 4.78 is 38.1. The molecule has 148 valence electrons. The summed E-state index contributed by atoms with van der Waals surface area (Å²) in [6, 6.07) is 13.8. The molecule has 2 aromatic rings. The Hall–Kier alpha value is -1.85. The van der Waals surface area contributed by atoms with Crippen molar-refractivity contribution in [1.82, 2.24) is 0 Å². The Morgan fingerprint density at radius 3 is 2.11 bits per heavy atom. The van der Waals surface area contributed by atoms with Crippen LogP contribution < -0.4 is 4.74 Å². The largest absolute Gasteiger partial charge is 0.457 e. The van der Waals surface area contributed by atoms with E-state index in [1.54, 1.807) is 6.07 Å². The van der Waals surface area contributed by atoms with Crippen molar-refractivity contribution in [3.8, 4) is 11.5 Å². The Balaban J connectivity index is 1.97. The monoisotopic (exact) mass is 390 g/mol. The molecule has 0 aromatic heterocycles. The maximum atomic E-state index is 11.5. The van der Waals surface area contributed by atoms with Crippen molar-refractivity contribution in [2.24, 2.45) is 0 Å². The van der Waals surface area contributed by atoms with Crippen molar-refractivity contribution >= 4 is 10.1 Å². The van der Waals surface area contributed by atoms with Crippen LogP contribution >= 0.6 is 0 Å². The average molecular weight is 391 g/mol. The Bertz CT molecular complexity index is 785. The molecule has 0 aliphatic heterocycles. The lowest BCUT2D eigenvalue weighted by Gasteiger charge is -2.12. The lowest BCUT2D eigenvalue weighted by atomic mass is 10.0. The predicted octanol–water partition coefficient (Wildman–Crippen LogP) is 6.41. The van der Waals surface area contributed by atoms with Gasteiger partial charge < -0.3 is 4.74 Å². The maximum Gasteiger partial charge on any atom is 0.294 e. The topological polar surface area (TPSA) is 63.6 Å². The normalized spacial score (nSPS) is 11.5. The van der Waals surface area contributed by atoms with Crippen LogP contribution in [0, 0.1) is 0 Å². The van der Waals surface area contributed by atoms with Gasteiger partial charge in [0.05, 0.1) is 4.90 Å². The van der Waals surface area contributed by atoms with Crippen molar-refractivity contribution in [1.29, 1.82) is 0 Å². The van der Waals surface area contributed by atoms with Crippen molar-refractivity contribution in [3.05, 3.63) is 54.1 Å². The molecule has 0 saturated heterocycles. The molecular weight excluding hydrogens is 360 g/mol. The molecule has 0 aliphatic carbocycles. The summed E-state index contributed by atoms with van der Waals surface area (Å²) in [6.45, 7) is 2.22. The van der Waals surface area contributed by atoms with Gasteiger partial charge >= 0.3 is 0 Å². The van der Waals surface area contributed by atoms with Gasteiger partial charge in [-0.25, -0.2) is 0 Å². The van der Waals surface area contributed by atoms with E-state index in [9.17, 15) is 13.0 Å². The number of para-hydroxylation sites is 1. The Kier molecular flexibility index (Phi) is 8.82. The van der Waals surface area contributed by atoms with E-state index in [0.717, 1.165) is 24.8 Å². The zero-order valence-corrected chi connectivity index (χ0v) is 16.9. The third kappa shape index (κ3) is 7.73. The molecule has 0 fully saturated rings. The Labute approximate surface area is 163 Å². The second-order valence-electron chi connectivity index (χ2n) is 6.88. The summed E-state index contributed by atoms with van der Waals surface area (Å²) in [5, 5.41) is 0. The molecule has 0 aliphatic rings. The molecule has 2 aromatic carbocycles. The fourth-order valence-corrected chi connectivity index (χ4v) is 3.56. The molecule has 27 heavy (non-hydrogen) atoms. The minimum absolute atomic E-state index is 0.145. The molecule has 0 atom stereocenters. The highest BCUT2D eigenvalue weighted by Crippen LogP contribution is 2.29. The second-order valence-corrected chi connectivity index (χ2v) is 8.31. The number of hydrogen-bond donors (Lipinski definition) is 1. The smallest absolute Gasteiger partial charge is 0.294 e. The highest BCUT2D eigenvalue weighted by molar-refractivity contribution is 7.85. The Morgan fingerprint density at radius 2 is 1.48 bits per heavy atom. The van der Waals surface area contributed by atoms with Crippen LogP contribution in [0.5, 0.6) is 11.5 Å². The van der Waals surface area contributed by atoms with Crippen LogP contribution in [0.3, 0.4) is 0 Å². The van der Waals surface area contributed by atoms with E-state index in [-0.39, 0.29) is 4.90 Å². The van der Waals surface area contributed by atoms with Crippen molar-refractivity contribution in [2.45, 2.75) is 69.6 Å². The van der Waals surface area contributed by atoms with E-state index in [0.29, 0.717) is 11.5 Å². The molecule has 0 saturated carbocycles. The van der Waals surface area contributed by atoms with E-state index >= 15 is 0 Å². The minimum atomic E-state index is -4.25. The summed E-state index contributed by atoms with van der Waals surface area (Å²) in [6.07, 6.45) is 10.7. The predicted molar refractivity (Wildman–Crippen MR) is 109 cm³/mol. The van der Waals surface area contributed by atoms with Gasteiger partial charge in [0.25, 0.3) is 10.1 Å². The number of aryl methyl sites for hydroxylation is 1. The standard InChI is InChI=1S/C22H30O4S/c1-2-3-4-5-6-7-8-10-13-19-16-17-21(27(23,24)25)18-22(19)26-20-14-11-9-12-15-20/h9,11-12,14-18H,2-8,10,13H2,1H3,(H,23,24,25). The highest BCUT2D eigenvalue weighted by Gasteiger charge is 2.14. The quantitative estimate of drug-likeness (QED) is 0.336. The van der Waals surface area contributed by atoms with Gasteiger partial charge in [-0.15, -0.1) is 0 Å². The summed E-state index contributed by atoms with van der Waals surface area (Å²) in [4.78, 5) is -0.145. The van der Waals surface area contributed by atoms with E-state index in [2.05, 4.69) is 6.92 Å². The number of ether oxygens (including phenoxy) is 1. The third-order valence-electron chi connectivity index (χ3n) is 4.61. The first-order chi connectivity index (χ1) is 13.0. The van der Waals surface area contributed by atoms with E-state index in [1.165, 1.54) is 50.7 Å². The molecule has 0 spiro atoms. The molecule has 4 nitrogen and oxygen atoms in total. The Morgan fingerprint density at radius 1 is 0.852 bits per heavy atom. The van der Waals surface area contributed by atoms with Crippen molar-refractivity contribution < 1.29 is 17.7 Å². The van der Waals surface area contributed by atoms with Gasteiger partial charge in [-0.1, -0.05) is 76.1 Å². The van der Waals surface area contributed by atoms with E-state index < -0.39 is 10.1 Å². The van der Waals surface area contributed by atoms with Crippen LogP contribution in [0.4, 0.5) is 0 Å². The molecule has 1 N–H and O–H groups in total. The summed E-state index contributed by atoms with van der Waals surface area (Å²) in [7, 11) is -4.25. The van der Waals surface area contributed by atoms with Gasteiger partial charge in [-0.2, -0.15) is 8.42 Å². The van der Waals surface area contributed by atoms with Crippen LogP contribution in [-0.2, 0) is 16.5 Å². The SMILES string of the molecule is CCCCCCCCCCc1ccc(S(=O)(=O)O)cc1Oc1ccccc1. The lowest BCUT2D eigenvalue weighted by Crippen LogP contribution is -2.00.